The first-order valence-corrected chi connectivity index (χ1v) is 8.50. The molecule has 1 aromatic rings. The van der Waals surface area contributed by atoms with Crippen LogP contribution in [0.25, 0.3) is 0 Å². The summed E-state index contributed by atoms with van der Waals surface area (Å²) in [4.78, 5) is 14.4. The van der Waals surface area contributed by atoms with Crippen LogP contribution < -0.4 is 9.47 Å². The van der Waals surface area contributed by atoms with E-state index in [1.807, 2.05) is 29.2 Å². The van der Waals surface area contributed by atoms with Gasteiger partial charge in [0.2, 0.25) is 0 Å². The molecule has 0 radical (unpaired) electrons. The summed E-state index contributed by atoms with van der Waals surface area (Å²) in [7, 11) is 1.62. The number of hydrogen-bond donors (Lipinski definition) is 0. The monoisotopic (exact) mass is 335 g/mol. The van der Waals surface area contributed by atoms with E-state index in [-0.39, 0.29) is 12.2 Å². The predicted molar refractivity (Wildman–Crippen MR) is 88.1 cm³/mol. The van der Waals surface area contributed by atoms with E-state index >= 15 is 0 Å². The molecule has 1 atom stereocenters. The smallest absolute Gasteiger partial charge is 0.263 e. The molecule has 24 heavy (non-hydrogen) atoms. The molecule has 6 nitrogen and oxygen atoms in total. The fraction of sp³-hybridized carbons (Fsp3) is 0.611. The number of ether oxygens (including phenoxy) is 4. The highest BCUT2D eigenvalue weighted by molar-refractivity contribution is 5.81. The molecule has 1 aromatic carbocycles. The van der Waals surface area contributed by atoms with Gasteiger partial charge in [-0.2, -0.15) is 0 Å². The molecule has 2 aliphatic heterocycles. The number of carbonyl (C=O) groups is 1. The third-order valence-electron chi connectivity index (χ3n) is 4.60. The van der Waals surface area contributed by atoms with Crippen molar-refractivity contribution in [1.29, 1.82) is 0 Å². The number of methoxy groups -OCH3 is 1. The van der Waals surface area contributed by atoms with E-state index in [0.29, 0.717) is 24.9 Å². The Morgan fingerprint density at radius 2 is 1.71 bits per heavy atom. The van der Waals surface area contributed by atoms with Crippen molar-refractivity contribution < 1.29 is 23.7 Å². The van der Waals surface area contributed by atoms with Crippen LogP contribution in [0.1, 0.15) is 19.8 Å². The first-order chi connectivity index (χ1) is 11.7. The van der Waals surface area contributed by atoms with Crippen molar-refractivity contribution in [2.75, 3.05) is 33.4 Å². The Morgan fingerprint density at radius 1 is 1.12 bits per heavy atom. The van der Waals surface area contributed by atoms with E-state index in [4.69, 9.17) is 18.9 Å². The van der Waals surface area contributed by atoms with Crippen LogP contribution in [0, 0.1) is 5.92 Å². The van der Waals surface area contributed by atoms with Gasteiger partial charge in [0.15, 0.2) is 12.4 Å². The first-order valence-electron chi connectivity index (χ1n) is 8.50. The average molecular weight is 335 g/mol. The van der Waals surface area contributed by atoms with Crippen LogP contribution >= 0.6 is 0 Å². The van der Waals surface area contributed by atoms with Gasteiger partial charge < -0.3 is 23.8 Å². The van der Waals surface area contributed by atoms with Gasteiger partial charge in [0.05, 0.1) is 20.3 Å². The molecule has 0 bridgehead atoms. The van der Waals surface area contributed by atoms with E-state index in [2.05, 4.69) is 0 Å². The zero-order valence-electron chi connectivity index (χ0n) is 14.3. The zero-order valence-corrected chi connectivity index (χ0v) is 14.3. The Hall–Kier alpha value is -1.79. The normalized spacial score (nSPS) is 20.8. The van der Waals surface area contributed by atoms with Crippen molar-refractivity contribution in [2.24, 2.45) is 5.92 Å². The molecule has 1 amide bonds. The molecule has 2 fully saturated rings. The summed E-state index contributed by atoms with van der Waals surface area (Å²) in [5.74, 6) is 1.84. The van der Waals surface area contributed by atoms with Crippen LogP contribution in [-0.4, -0.2) is 56.6 Å². The average Bonchev–Trinajstić information content (AvgIpc) is 3.16. The molecule has 2 saturated heterocycles. The fourth-order valence-electron chi connectivity index (χ4n) is 3.21. The molecule has 132 valence electrons. The van der Waals surface area contributed by atoms with E-state index in [0.717, 1.165) is 31.7 Å². The van der Waals surface area contributed by atoms with Crippen molar-refractivity contribution in [1.82, 2.24) is 4.90 Å². The van der Waals surface area contributed by atoms with Crippen molar-refractivity contribution in [3.8, 4) is 11.5 Å². The molecule has 2 heterocycles. The number of piperidine rings is 1. The Morgan fingerprint density at radius 3 is 2.29 bits per heavy atom. The molecule has 0 aliphatic carbocycles. The standard InChI is InChI=1S/C18H25NO5/c1-13(24-16-5-3-15(21-2)4-6-16)17(20)19-9-7-14(8-10-19)18-22-11-12-23-18/h3-6,13-14,18H,7-12H2,1-2H3. The molecule has 1 unspecified atom stereocenters. The Kier molecular flexibility index (Phi) is 5.58. The van der Waals surface area contributed by atoms with Crippen molar-refractivity contribution in [3.63, 3.8) is 0 Å². The van der Waals surface area contributed by atoms with Gasteiger partial charge in [-0.25, -0.2) is 0 Å². The summed E-state index contributed by atoms with van der Waals surface area (Å²) in [5.41, 5.74) is 0. The lowest BCUT2D eigenvalue weighted by Crippen LogP contribution is -2.46. The lowest BCUT2D eigenvalue weighted by Gasteiger charge is -2.35. The molecular formula is C18H25NO5. The number of rotatable bonds is 5. The zero-order chi connectivity index (χ0) is 16.9. The summed E-state index contributed by atoms with van der Waals surface area (Å²) < 4.78 is 22.0. The number of amides is 1. The minimum Gasteiger partial charge on any atom is -0.497 e. The topological polar surface area (TPSA) is 57.2 Å². The minimum atomic E-state index is -0.506. The predicted octanol–water partition coefficient (Wildman–Crippen LogP) is 2.07. The number of carbonyl (C=O) groups excluding carboxylic acids is 1. The van der Waals surface area contributed by atoms with Crippen LogP contribution in [-0.2, 0) is 14.3 Å². The Balaban J connectivity index is 1.48. The van der Waals surface area contributed by atoms with Gasteiger partial charge in [-0.3, -0.25) is 4.79 Å². The van der Waals surface area contributed by atoms with Crippen LogP contribution in [0.15, 0.2) is 24.3 Å². The maximum atomic E-state index is 12.6. The van der Waals surface area contributed by atoms with Crippen LogP contribution in [0.4, 0.5) is 0 Å². The van der Waals surface area contributed by atoms with E-state index in [1.165, 1.54) is 0 Å². The SMILES string of the molecule is COc1ccc(OC(C)C(=O)N2CCC(C3OCCO3)CC2)cc1. The third-order valence-corrected chi connectivity index (χ3v) is 4.60. The van der Waals surface area contributed by atoms with E-state index in [1.54, 1.807) is 14.0 Å². The quantitative estimate of drug-likeness (QED) is 0.824. The maximum absolute atomic E-state index is 12.6. The minimum absolute atomic E-state index is 0.0255. The first kappa shape index (κ1) is 17.0. The molecule has 0 spiro atoms. The molecule has 0 N–H and O–H groups in total. The second-order valence-electron chi connectivity index (χ2n) is 6.21. The molecule has 0 saturated carbocycles. The highest BCUT2D eigenvalue weighted by Gasteiger charge is 2.33. The van der Waals surface area contributed by atoms with Gasteiger partial charge in [-0.1, -0.05) is 0 Å². The number of hydrogen-bond acceptors (Lipinski definition) is 5. The van der Waals surface area contributed by atoms with Crippen molar-refractivity contribution in [3.05, 3.63) is 24.3 Å². The second kappa shape index (κ2) is 7.85. The number of benzene rings is 1. The number of likely N-dealkylation sites (tertiary alicyclic amines) is 1. The molecule has 2 aliphatic rings. The highest BCUT2D eigenvalue weighted by atomic mass is 16.7. The maximum Gasteiger partial charge on any atom is 0.263 e. The van der Waals surface area contributed by atoms with Gasteiger partial charge in [-0.05, 0) is 44.0 Å². The summed E-state index contributed by atoms with van der Waals surface area (Å²) in [6.07, 6.45) is 1.22. The Labute approximate surface area is 142 Å². The van der Waals surface area contributed by atoms with Gasteiger partial charge >= 0.3 is 0 Å². The van der Waals surface area contributed by atoms with E-state index in [9.17, 15) is 4.79 Å². The van der Waals surface area contributed by atoms with Gasteiger partial charge in [-0.15, -0.1) is 0 Å². The Bertz CT molecular complexity index is 533. The van der Waals surface area contributed by atoms with Gasteiger partial charge in [0.1, 0.15) is 11.5 Å². The summed E-state index contributed by atoms with van der Waals surface area (Å²) >= 11 is 0. The third kappa shape index (κ3) is 3.99. The number of nitrogens with zero attached hydrogens (tertiary/aromatic N) is 1. The molecule has 3 rings (SSSR count). The van der Waals surface area contributed by atoms with Gasteiger partial charge in [0.25, 0.3) is 5.91 Å². The van der Waals surface area contributed by atoms with Crippen molar-refractivity contribution in [2.45, 2.75) is 32.2 Å². The lowest BCUT2D eigenvalue weighted by molar-refractivity contribution is -0.143. The lowest BCUT2D eigenvalue weighted by atomic mass is 9.96. The molecule has 6 heteroatoms. The van der Waals surface area contributed by atoms with E-state index < -0.39 is 6.10 Å². The second-order valence-corrected chi connectivity index (χ2v) is 6.21. The summed E-state index contributed by atoms with van der Waals surface area (Å²) in [6.45, 7) is 4.60. The van der Waals surface area contributed by atoms with Crippen LogP contribution in [0.5, 0.6) is 11.5 Å². The van der Waals surface area contributed by atoms with Crippen LogP contribution in [0.2, 0.25) is 0 Å². The van der Waals surface area contributed by atoms with Gasteiger partial charge in [0, 0.05) is 19.0 Å². The van der Waals surface area contributed by atoms with Crippen LogP contribution in [0.3, 0.4) is 0 Å². The molecular weight excluding hydrogens is 310 g/mol. The summed E-state index contributed by atoms with van der Waals surface area (Å²) in [5, 5.41) is 0. The highest BCUT2D eigenvalue weighted by Crippen LogP contribution is 2.26. The largest absolute Gasteiger partial charge is 0.497 e. The fourth-order valence-corrected chi connectivity index (χ4v) is 3.21. The molecule has 0 aromatic heterocycles. The summed E-state index contributed by atoms with van der Waals surface area (Å²) in [6, 6.07) is 7.26. The van der Waals surface area contributed by atoms with Crippen molar-refractivity contribution >= 4 is 5.91 Å².